The van der Waals surface area contributed by atoms with Crippen molar-refractivity contribution >= 4 is 29.2 Å². The number of rotatable bonds is 4. The number of urea groups is 1. The molecular weight excluding hydrogens is 314 g/mol. The monoisotopic (exact) mass is 335 g/mol. The van der Waals surface area contributed by atoms with E-state index in [0.717, 1.165) is 32.1 Å². The maximum absolute atomic E-state index is 12.1. The number of halogens is 1. The van der Waals surface area contributed by atoms with Crippen molar-refractivity contribution < 1.29 is 9.59 Å². The van der Waals surface area contributed by atoms with E-state index < -0.39 is 0 Å². The Hall–Kier alpha value is -1.75. The molecule has 2 saturated carbocycles. The summed E-state index contributed by atoms with van der Waals surface area (Å²) in [5.74, 6) is 0.353. The van der Waals surface area contributed by atoms with E-state index in [-0.39, 0.29) is 24.0 Å². The van der Waals surface area contributed by atoms with Crippen LogP contribution in [0.3, 0.4) is 0 Å². The molecule has 2 atom stereocenters. The van der Waals surface area contributed by atoms with Crippen LogP contribution in [0, 0.1) is 5.92 Å². The Morgan fingerprint density at radius 1 is 1.13 bits per heavy atom. The van der Waals surface area contributed by atoms with Crippen molar-refractivity contribution in [3.05, 3.63) is 28.8 Å². The van der Waals surface area contributed by atoms with Gasteiger partial charge in [-0.15, -0.1) is 0 Å². The Bertz CT molecular complexity index is 616. The van der Waals surface area contributed by atoms with Crippen LogP contribution in [0.1, 0.15) is 49.4 Å². The molecular formula is C17H22ClN3O2. The van der Waals surface area contributed by atoms with Gasteiger partial charge in [0.1, 0.15) is 0 Å². The Kier molecular flexibility index (Phi) is 4.76. The van der Waals surface area contributed by atoms with Gasteiger partial charge in [0, 0.05) is 17.8 Å². The molecule has 124 valence electrons. The first kappa shape index (κ1) is 16.1. The second-order valence-electron chi connectivity index (χ2n) is 6.56. The van der Waals surface area contributed by atoms with Gasteiger partial charge in [-0.1, -0.05) is 24.9 Å². The van der Waals surface area contributed by atoms with Crippen LogP contribution in [0.4, 0.5) is 10.5 Å². The summed E-state index contributed by atoms with van der Waals surface area (Å²) in [6.45, 7) is 2.15. The fourth-order valence-electron chi connectivity index (χ4n) is 2.96. The minimum Gasteiger partial charge on any atom is -0.349 e. The zero-order valence-corrected chi connectivity index (χ0v) is 14.0. The number of hydrogen-bond donors (Lipinski definition) is 3. The normalized spacial score (nSPS) is 23.4. The first-order valence-electron chi connectivity index (χ1n) is 8.21. The highest BCUT2D eigenvalue weighted by Crippen LogP contribution is 2.26. The summed E-state index contributed by atoms with van der Waals surface area (Å²) in [7, 11) is 0. The molecule has 3 amide bonds. The molecule has 23 heavy (non-hydrogen) atoms. The topological polar surface area (TPSA) is 70.2 Å². The molecule has 2 fully saturated rings. The minimum atomic E-state index is -0.227. The predicted octanol–water partition coefficient (Wildman–Crippen LogP) is 3.54. The molecule has 0 unspecified atom stereocenters. The molecule has 0 bridgehead atoms. The number of amides is 3. The van der Waals surface area contributed by atoms with Crippen molar-refractivity contribution in [2.45, 2.75) is 51.1 Å². The molecule has 6 heteroatoms. The maximum Gasteiger partial charge on any atom is 0.319 e. The van der Waals surface area contributed by atoms with Gasteiger partial charge >= 0.3 is 6.03 Å². The summed E-state index contributed by atoms with van der Waals surface area (Å²) in [4.78, 5) is 24.1. The Labute approximate surface area is 141 Å². The quantitative estimate of drug-likeness (QED) is 0.787. The molecule has 0 heterocycles. The smallest absolute Gasteiger partial charge is 0.319 e. The number of nitrogens with one attached hydrogen (secondary N) is 3. The Morgan fingerprint density at radius 2 is 1.91 bits per heavy atom. The van der Waals surface area contributed by atoms with Crippen LogP contribution >= 0.6 is 11.6 Å². The summed E-state index contributed by atoms with van der Waals surface area (Å²) >= 11 is 6.17. The molecule has 0 spiro atoms. The van der Waals surface area contributed by atoms with E-state index in [0.29, 0.717) is 22.2 Å². The van der Waals surface area contributed by atoms with Gasteiger partial charge in [-0.05, 0) is 49.8 Å². The third-order valence-electron chi connectivity index (χ3n) is 4.56. The van der Waals surface area contributed by atoms with E-state index in [1.165, 1.54) is 0 Å². The van der Waals surface area contributed by atoms with Crippen molar-refractivity contribution in [1.29, 1.82) is 0 Å². The largest absolute Gasteiger partial charge is 0.349 e. The van der Waals surface area contributed by atoms with Crippen LogP contribution in [-0.4, -0.2) is 24.0 Å². The lowest BCUT2D eigenvalue weighted by Gasteiger charge is -2.18. The Balaban J connectivity index is 1.58. The molecule has 1 aromatic carbocycles. The van der Waals surface area contributed by atoms with Gasteiger partial charge in [0.25, 0.3) is 5.91 Å². The van der Waals surface area contributed by atoms with Crippen molar-refractivity contribution in [1.82, 2.24) is 10.6 Å². The van der Waals surface area contributed by atoms with E-state index >= 15 is 0 Å². The lowest BCUT2D eigenvalue weighted by atomic mass is 10.1. The average molecular weight is 336 g/mol. The molecule has 1 aromatic rings. The minimum absolute atomic E-state index is 0.159. The molecule has 2 aliphatic rings. The summed E-state index contributed by atoms with van der Waals surface area (Å²) in [5, 5.41) is 9.02. The third kappa shape index (κ3) is 4.16. The van der Waals surface area contributed by atoms with Crippen LogP contribution in [-0.2, 0) is 0 Å². The van der Waals surface area contributed by atoms with Gasteiger partial charge in [0.15, 0.2) is 0 Å². The second kappa shape index (κ2) is 6.79. The van der Waals surface area contributed by atoms with E-state index in [2.05, 4.69) is 22.9 Å². The SMILES string of the molecule is C[C@H]1CCC[C@H]1NC(=O)Nc1ccc(C(=O)NC2CC2)c(Cl)c1. The van der Waals surface area contributed by atoms with Gasteiger partial charge in [0.05, 0.1) is 10.6 Å². The highest BCUT2D eigenvalue weighted by Gasteiger charge is 2.26. The van der Waals surface area contributed by atoms with Gasteiger partial charge in [0.2, 0.25) is 0 Å². The Morgan fingerprint density at radius 3 is 2.52 bits per heavy atom. The lowest BCUT2D eigenvalue weighted by Crippen LogP contribution is -2.39. The first-order valence-corrected chi connectivity index (χ1v) is 8.58. The fraction of sp³-hybridized carbons (Fsp3) is 0.529. The van der Waals surface area contributed by atoms with E-state index in [1.54, 1.807) is 18.2 Å². The van der Waals surface area contributed by atoms with E-state index in [4.69, 9.17) is 11.6 Å². The molecule has 0 saturated heterocycles. The number of carbonyl (C=O) groups is 2. The molecule has 2 aliphatic carbocycles. The number of benzene rings is 1. The van der Waals surface area contributed by atoms with Crippen molar-refractivity contribution in [2.24, 2.45) is 5.92 Å². The molecule has 0 aliphatic heterocycles. The fourth-order valence-corrected chi connectivity index (χ4v) is 3.23. The van der Waals surface area contributed by atoms with E-state index in [1.807, 2.05) is 0 Å². The maximum atomic E-state index is 12.1. The van der Waals surface area contributed by atoms with Gasteiger partial charge in [-0.2, -0.15) is 0 Å². The van der Waals surface area contributed by atoms with Gasteiger partial charge < -0.3 is 16.0 Å². The zero-order valence-electron chi connectivity index (χ0n) is 13.2. The lowest BCUT2D eigenvalue weighted by molar-refractivity contribution is 0.0951. The summed E-state index contributed by atoms with van der Waals surface area (Å²) < 4.78 is 0. The summed E-state index contributed by atoms with van der Waals surface area (Å²) in [6, 6.07) is 5.25. The van der Waals surface area contributed by atoms with Crippen LogP contribution in [0.25, 0.3) is 0 Å². The number of hydrogen-bond acceptors (Lipinski definition) is 2. The molecule has 0 aromatic heterocycles. The predicted molar refractivity (Wildman–Crippen MR) is 90.9 cm³/mol. The highest BCUT2D eigenvalue weighted by molar-refractivity contribution is 6.34. The van der Waals surface area contributed by atoms with Crippen LogP contribution in [0.2, 0.25) is 5.02 Å². The third-order valence-corrected chi connectivity index (χ3v) is 4.87. The molecule has 3 rings (SSSR count). The summed E-state index contributed by atoms with van der Waals surface area (Å²) in [6.07, 6.45) is 5.39. The van der Waals surface area contributed by atoms with Crippen LogP contribution in [0.15, 0.2) is 18.2 Å². The van der Waals surface area contributed by atoms with E-state index in [9.17, 15) is 9.59 Å². The summed E-state index contributed by atoms with van der Waals surface area (Å²) in [5.41, 5.74) is 1.02. The van der Waals surface area contributed by atoms with Gasteiger partial charge in [-0.3, -0.25) is 4.79 Å². The van der Waals surface area contributed by atoms with Crippen molar-refractivity contribution in [3.8, 4) is 0 Å². The highest BCUT2D eigenvalue weighted by atomic mass is 35.5. The second-order valence-corrected chi connectivity index (χ2v) is 6.96. The van der Waals surface area contributed by atoms with Crippen LogP contribution in [0.5, 0.6) is 0 Å². The van der Waals surface area contributed by atoms with Crippen molar-refractivity contribution in [3.63, 3.8) is 0 Å². The average Bonchev–Trinajstić information content (AvgIpc) is 3.21. The van der Waals surface area contributed by atoms with Crippen LogP contribution < -0.4 is 16.0 Å². The molecule has 0 radical (unpaired) electrons. The number of carbonyl (C=O) groups excluding carboxylic acids is 2. The van der Waals surface area contributed by atoms with Gasteiger partial charge in [-0.25, -0.2) is 4.79 Å². The first-order chi connectivity index (χ1) is 11.0. The number of anilines is 1. The zero-order chi connectivity index (χ0) is 16.4. The standard InChI is InChI=1S/C17H22ClN3O2/c1-10-3-2-4-15(10)21-17(23)20-12-7-8-13(14(18)9-12)16(22)19-11-5-6-11/h7-11,15H,2-6H2,1H3,(H,19,22)(H2,20,21,23)/t10-,15+/m0/s1. The molecule has 5 nitrogen and oxygen atoms in total. The molecule has 3 N–H and O–H groups in total. The van der Waals surface area contributed by atoms with Crippen molar-refractivity contribution in [2.75, 3.05) is 5.32 Å².